The lowest BCUT2D eigenvalue weighted by atomic mass is 9.95. The van der Waals surface area contributed by atoms with Crippen molar-refractivity contribution in [2.24, 2.45) is 0 Å². The van der Waals surface area contributed by atoms with Crippen LogP contribution < -0.4 is 14.4 Å². The quantitative estimate of drug-likeness (QED) is 0.168. The minimum absolute atomic E-state index is 0.0191. The monoisotopic (exact) mass is 554 g/mol. The summed E-state index contributed by atoms with van der Waals surface area (Å²) in [6.45, 7) is 4.62. The Labute approximate surface area is 237 Å². The smallest absolute Gasteiger partial charge is 0.296 e. The highest BCUT2D eigenvalue weighted by Crippen LogP contribution is 2.45. The highest BCUT2D eigenvalue weighted by atomic mass is 32.1. The molecular formula is C32H30N2O5S. The number of aromatic nitrogens is 1. The number of anilines is 1. The van der Waals surface area contributed by atoms with Crippen molar-refractivity contribution in [2.45, 2.75) is 32.7 Å². The van der Waals surface area contributed by atoms with Gasteiger partial charge in [-0.15, -0.1) is 0 Å². The number of aryl methyl sites for hydroxylation is 1. The summed E-state index contributed by atoms with van der Waals surface area (Å²) < 4.78 is 12.4. The van der Waals surface area contributed by atoms with Gasteiger partial charge in [0.25, 0.3) is 5.91 Å². The van der Waals surface area contributed by atoms with E-state index in [-0.39, 0.29) is 5.57 Å². The second-order valence-electron chi connectivity index (χ2n) is 9.53. The number of aliphatic hydroxyl groups is 1. The molecule has 2 heterocycles. The van der Waals surface area contributed by atoms with Crippen LogP contribution in [0.4, 0.5) is 5.13 Å². The lowest BCUT2D eigenvalue weighted by molar-refractivity contribution is -0.117. The summed E-state index contributed by atoms with van der Waals surface area (Å²) in [6.07, 6.45) is 4.94. The second-order valence-corrected chi connectivity index (χ2v) is 10.5. The third-order valence-corrected chi connectivity index (χ3v) is 7.72. The van der Waals surface area contributed by atoms with E-state index in [9.17, 15) is 14.7 Å². The van der Waals surface area contributed by atoms with Gasteiger partial charge in [-0.3, -0.25) is 14.5 Å². The number of carbonyl (C=O) groups is 2. The molecule has 1 unspecified atom stereocenters. The van der Waals surface area contributed by atoms with E-state index in [0.29, 0.717) is 28.8 Å². The second kappa shape index (κ2) is 11.8. The Morgan fingerprint density at radius 3 is 2.65 bits per heavy atom. The summed E-state index contributed by atoms with van der Waals surface area (Å²) in [4.78, 5) is 33.3. The van der Waals surface area contributed by atoms with E-state index in [1.54, 1.807) is 31.4 Å². The zero-order valence-corrected chi connectivity index (χ0v) is 23.4. The number of methoxy groups -OCH3 is 1. The fourth-order valence-electron chi connectivity index (χ4n) is 4.62. The number of aliphatic hydroxyl groups excluding tert-OH is 1. The number of hydrogen-bond acceptors (Lipinski definition) is 7. The summed E-state index contributed by atoms with van der Waals surface area (Å²) in [5.41, 5.74) is 3.19. The number of hydrogen-bond donors (Lipinski definition) is 1. The molecule has 1 aliphatic rings. The van der Waals surface area contributed by atoms with Gasteiger partial charge in [-0.1, -0.05) is 73.2 Å². The van der Waals surface area contributed by atoms with Gasteiger partial charge in [0, 0.05) is 0 Å². The predicted octanol–water partition coefficient (Wildman–Crippen LogP) is 6.97. The van der Waals surface area contributed by atoms with E-state index in [1.807, 2.05) is 55.5 Å². The Kier molecular flexibility index (Phi) is 7.98. The highest BCUT2D eigenvalue weighted by Gasteiger charge is 2.45. The zero-order chi connectivity index (χ0) is 28.2. The molecule has 0 saturated carbocycles. The lowest BCUT2D eigenvalue weighted by Crippen LogP contribution is -2.30. The lowest BCUT2D eigenvalue weighted by Gasteiger charge is -2.25. The van der Waals surface area contributed by atoms with Gasteiger partial charge in [0.05, 0.1) is 35.5 Å². The van der Waals surface area contributed by atoms with Crippen LogP contribution in [0.3, 0.4) is 0 Å². The SMILES string of the molecule is CCCCOc1ccc(C2C(C(=O)/C=C/c3ccccc3)=C(O)C(=O)N2c2nc3ccc(C)cc3s2)cc1OC. The van der Waals surface area contributed by atoms with Crippen LogP contribution in [0, 0.1) is 6.92 Å². The molecule has 7 nitrogen and oxygen atoms in total. The van der Waals surface area contributed by atoms with Gasteiger partial charge in [0.2, 0.25) is 0 Å². The number of nitrogens with zero attached hydrogens (tertiary/aromatic N) is 2. The van der Waals surface area contributed by atoms with Gasteiger partial charge < -0.3 is 14.6 Å². The highest BCUT2D eigenvalue weighted by molar-refractivity contribution is 7.22. The van der Waals surface area contributed by atoms with Gasteiger partial charge in [0.1, 0.15) is 0 Å². The van der Waals surface area contributed by atoms with E-state index in [4.69, 9.17) is 14.5 Å². The number of thiazole rings is 1. The summed E-state index contributed by atoms with van der Waals surface area (Å²) in [5, 5.41) is 11.5. The number of ketones is 1. The first-order valence-electron chi connectivity index (χ1n) is 13.1. The van der Waals surface area contributed by atoms with Crippen LogP contribution in [0.25, 0.3) is 16.3 Å². The molecule has 40 heavy (non-hydrogen) atoms. The van der Waals surface area contributed by atoms with Crippen molar-refractivity contribution in [1.82, 2.24) is 4.98 Å². The summed E-state index contributed by atoms with van der Waals surface area (Å²) >= 11 is 1.33. The van der Waals surface area contributed by atoms with Crippen molar-refractivity contribution in [1.29, 1.82) is 0 Å². The molecule has 1 N–H and O–H groups in total. The van der Waals surface area contributed by atoms with Gasteiger partial charge in [-0.25, -0.2) is 4.98 Å². The topological polar surface area (TPSA) is 89.0 Å². The van der Waals surface area contributed by atoms with Crippen LogP contribution in [0.2, 0.25) is 0 Å². The molecule has 3 aromatic carbocycles. The maximum Gasteiger partial charge on any atom is 0.296 e. The maximum absolute atomic E-state index is 13.6. The van der Waals surface area contributed by atoms with E-state index in [1.165, 1.54) is 22.3 Å². The molecule has 1 atom stereocenters. The molecule has 0 radical (unpaired) electrons. The molecule has 1 aliphatic heterocycles. The molecule has 1 amide bonds. The van der Waals surface area contributed by atoms with Crippen molar-refractivity contribution in [3.63, 3.8) is 0 Å². The van der Waals surface area contributed by atoms with Gasteiger partial charge in [0.15, 0.2) is 28.2 Å². The molecule has 1 aromatic heterocycles. The molecule has 0 saturated heterocycles. The fraction of sp³-hybridized carbons (Fsp3) is 0.219. The van der Waals surface area contributed by atoms with Crippen molar-refractivity contribution in [3.05, 3.63) is 101 Å². The van der Waals surface area contributed by atoms with Gasteiger partial charge >= 0.3 is 0 Å². The van der Waals surface area contributed by atoms with Gasteiger partial charge in [-0.05, 0) is 60.4 Å². The van der Waals surface area contributed by atoms with E-state index in [2.05, 4.69) is 6.92 Å². The number of allylic oxidation sites excluding steroid dienone is 1. The van der Waals surface area contributed by atoms with Crippen LogP contribution in [0.1, 0.15) is 42.5 Å². The molecule has 0 aliphatic carbocycles. The van der Waals surface area contributed by atoms with Crippen molar-refractivity contribution < 1.29 is 24.2 Å². The average Bonchev–Trinajstić information content (AvgIpc) is 3.50. The molecular weight excluding hydrogens is 524 g/mol. The summed E-state index contributed by atoms with van der Waals surface area (Å²) in [5.74, 6) is -0.707. The Balaban J connectivity index is 1.60. The maximum atomic E-state index is 13.6. The van der Waals surface area contributed by atoms with Crippen molar-refractivity contribution in [2.75, 3.05) is 18.6 Å². The number of amides is 1. The first-order chi connectivity index (χ1) is 19.4. The number of carbonyl (C=O) groups excluding carboxylic acids is 2. The summed E-state index contributed by atoms with van der Waals surface area (Å²) in [6, 6.07) is 19.6. The molecule has 204 valence electrons. The van der Waals surface area contributed by atoms with E-state index in [0.717, 1.165) is 34.2 Å². The van der Waals surface area contributed by atoms with Crippen molar-refractivity contribution >= 4 is 44.5 Å². The number of benzene rings is 3. The Morgan fingerprint density at radius 1 is 1.10 bits per heavy atom. The molecule has 0 fully saturated rings. The Morgan fingerprint density at radius 2 is 1.90 bits per heavy atom. The first kappa shape index (κ1) is 27.1. The largest absolute Gasteiger partial charge is 0.503 e. The third kappa shape index (κ3) is 5.35. The van der Waals surface area contributed by atoms with Gasteiger partial charge in [-0.2, -0.15) is 0 Å². The minimum atomic E-state index is -0.916. The van der Waals surface area contributed by atoms with E-state index >= 15 is 0 Å². The molecule has 0 bridgehead atoms. The van der Waals surface area contributed by atoms with Crippen LogP contribution >= 0.6 is 11.3 Å². The van der Waals surface area contributed by atoms with Crippen molar-refractivity contribution in [3.8, 4) is 11.5 Å². The Hall–Kier alpha value is -4.43. The van der Waals surface area contributed by atoms with Crippen LogP contribution in [-0.2, 0) is 9.59 Å². The number of fused-ring (bicyclic) bond motifs is 1. The van der Waals surface area contributed by atoms with E-state index < -0.39 is 23.5 Å². The normalized spacial score (nSPS) is 15.4. The molecule has 5 rings (SSSR count). The van der Waals surface area contributed by atoms with Crippen LogP contribution in [0.15, 0.2) is 84.1 Å². The fourth-order valence-corrected chi connectivity index (χ4v) is 5.71. The standard InChI is InChI=1S/C32H30N2O5S/c1-4-5-17-39-25-16-13-22(19-26(25)38-3)29-28(24(35)15-12-21-9-7-6-8-10-21)30(36)31(37)34(29)32-33-23-14-11-20(2)18-27(23)40-32/h6-16,18-19,29,36H,4-5,17H2,1-3H3/b15-12+. The predicted molar refractivity (Wildman–Crippen MR) is 158 cm³/mol. The molecule has 8 heteroatoms. The van der Waals surface area contributed by atoms with Crippen LogP contribution in [-0.4, -0.2) is 35.5 Å². The minimum Gasteiger partial charge on any atom is -0.503 e. The summed E-state index contributed by atoms with van der Waals surface area (Å²) in [7, 11) is 1.54. The molecule has 0 spiro atoms. The number of ether oxygens (including phenoxy) is 2. The first-order valence-corrected chi connectivity index (χ1v) is 13.9. The third-order valence-electron chi connectivity index (χ3n) is 6.70. The average molecular weight is 555 g/mol. The van der Waals surface area contributed by atoms with Crippen LogP contribution in [0.5, 0.6) is 11.5 Å². The number of rotatable bonds is 10. The zero-order valence-electron chi connectivity index (χ0n) is 22.6. The number of unbranched alkanes of at least 4 members (excludes halogenated alkanes) is 1. The Bertz CT molecular complexity index is 1620. The molecule has 4 aromatic rings.